The summed E-state index contributed by atoms with van der Waals surface area (Å²) in [5.74, 6) is 2.12. The average molecular weight is 458 g/mol. The van der Waals surface area contributed by atoms with Crippen LogP contribution in [0.5, 0.6) is 0 Å². The molecular formula is C22H31N7S2. The number of piperidine rings is 1. The van der Waals surface area contributed by atoms with E-state index >= 15 is 0 Å². The summed E-state index contributed by atoms with van der Waals surface area (Å²) in [4.78, 5) is 20.5. The molecule has 0 amide bonds. The van der Waals surface area contributed by atoms with Crippen LogP contribution in [-0.2, 0) is 0 Å². The summed E-state index contributed by atoms with van der Waals surface area (Å²) in [7, 11) is 0. The number of nitrogens with zero attached hydrogens (tertiary/aromatic N) is 5. The van der Waals surface area contributed by atoms with Crippen LogP contribution in [0.1, 0.15) is 58.3 Å². The van der Waals surface area contributed by atoms with Gasteiger partial charge in [-0.2, -0.15) is 4.98 Å². The van der Waals surface area contributed by atoms with Crippen molar-refractivity contribution < 1.29 is 0 Å². The number of hydrogen-bond acceptors (Lipinski definition) is 7. The van der Waals surface area contributed by atoms with Gasteiger partial charge in [-0.1, -0.05) is 32.6 Å². The Morgan fingerprint density at radius 2 is 1.84 bits per heavy atom. The van der Waals surface area contributed by atoms with Gasteiger partial charge in [-0.15, -0.1) is 0 Å². The van der Waals surface area contributed by atoms with E-state index in [1.807, 2.05) is 12.1 Å². The number of thiocarbonyl (C=S) groups is 1. The van der Waals surface area contributed by atoms with Crippen molar-refractivity contribution in [2.75, 3.05) is 23.3 Å². The highest BCUT2D eigenvalue weighted by Gasteiger charge is 2.20. The summed E-state index contributed by atoms with van der Waals surface area (Å²) in [6, 6.07) is 4.28. The van der Waals surface area contributed by atoms with E-state index < -0.39 is 0 Å². The second kappa shape index (κ2) is 11.0. The Kier molecular flexibility index (Phi) is 7.91. The van der Waals surface area contributed by atoms with Crippen LogP contribution in [0.2, 0.25) is 0 Å². The smallest absolute Gasteiger partial charge is 0.232 e. The molecule has 31 heavy (non-hydrogen) atoms. The molecule has 0 unspecified atom stereocenters. The fourth-order valence-corrected chi connectivity index (χ4v) is 5.23. The summed E-state index contributed by atoms with van der Waals surface area (Å²) in [6.07, 6.45) is 13.4. The average Bonchev–Trinajstić information content (AvgIpc) is 3.03. The van der Waals surface area contributed by atoms with Crippen molar-refractivity contribution in [3.05, 3.63) is 24.5 Å². The summed E-state index contributed by atoms with van der Waals surface area (Å²) >= 11 is 7.05. The number of aromatic nitrogens is 4. The van der Waals surface area contributed by atoms with Crippen LogP contribution in [-0.4, -0.2) is 44.2 Å². The predicted octanol–water partition coefficient (Wildman–Crippen LogP) is 4.66. The molecule has 9 heteroatoms. The van der Waals surface area contributed by atoms with E-state index in [0.717, 1.165) is 23.9 Å². The van der Waals surface area contributed by atoms with Crippen LogP contribution in [0, 0.1) is 5.92 Å². The Morgan fingerprint density at radius 1 is 1.06 bits per heavy atom. The molecule has 1 aliphatic heterocycles. The first-order chi connectivity index (χ1) is 15.2. The van der Waals surface area contributed by atoms with Crippen molar-refractivity contribution in [2.45, 2.75) is 74.5 Å². The molecule has 1 saturated carbocycles. The van der Waals surface area contributed by atoms with Crippen molar-refractivity contribution in [2.24, 2.45) is 5.92 Å². The third kappa shape index (κ3) is 6.74. The Hall–Kier alpha value is -2.00. The molecule has 0 spiro atoms. The van der Waals surface area contributed by atoms with Crippen LogP contribution < -0.4 is 15.5 Å². The molecule has 7 nitrogen and oxygen atoms in total. The van der Waals surface area contributed by atoms with Crippen LogP contribution in [0.3, 0.4) is 0 Å². The number of hydrogen-bond donors (Lipinski definition) is 2. The molecule has 0 bridgehead atoms. The van der Waals surface area contributed by atoms with Crippen LogP contribution >= 0.6 is 24.0 Å². The van der Waals surface area contributed by atoms with E-state index in [1.165, 1.54) is 63.1 Å². The summed E-state index contributed by atoms with van der Waals surface area (Å²) in [5, 5.41) is 8.81. The van der Waals surface area contributed by atoms with Crippen molar-refractivity contribution in [3.8, 4) is 0 Å². The van der Waals surface area contributed by atoms with E-state index in [-0.39, 0.29) is 0 Å². The summed E-state index contributed by atoms with van der Waals surface area (Å²) in [5.41, 5.74) is 0. The molecule has 2 aromatic heterocycles. The Morgan fingerprint density at radius 3 is 2.58 bits per heavy atom. The first kappa shape index (κ1) is 22.2. The van der Waals surface area contributed by atoms with E-state index in [1.54, 1.807) is 12.4 Å². The lowest BCUT2D eigenvalue weighted by Crippen LogP contribution is -2.38. The van der Waals surface area contributed by atoms with E-state index in [0.29, 0.717) is 28.2 Å². The van der Waals surface area contributed by atoms with Gasteiger partial charge in [0.15, 0.2) is 10.3 Å². The molecule has 0 aromatic carbocycles. The van der Waals surface area contributed by atoms with Crippen LogP contribution in [0.4, 0.5) is 11.8 Å². The molecule has 4 rings (SSSR count). The van der Waals surface area contributed by atoms with Gasteiger partial charge in [0.1, 0.15) is 10.8 Å². The molecule has 1 saturated heterocycles. The first-order valence-corrected chi connectivity index (χ1v) is 12.5. The fraction of sp³-hybridized carbons (Fsp3) is 0.591. The van der Waals surface area contributed by atoms with Crippen molar-refractivity contribution in [1.29, 1.82) is 0 Å². The molecule has 1 aliphatic carbocycles. The van der Waals surface area contributed by atoms with Crippen molar-refractivity contribution >= 4 is 40.9 Å². The molecule has 166 valence electrons. The first-order valence-electron chi connectivity index (χ1n) is 11.3. The zero-order valence-corrected chi connectivity index (χ0v) is 19.7. The lowest BCUT2D eigenvalue weighted by molar-refractivity contribution is 0.444. The van der Waals surface area contributed by atoms with E-state index in [4.69, 9.17) is 22.2 Å². The van der Waals surface area contributed by atoms with Gasteiger partial charge in [-0.3, -0.25) is 0 Å². The minimum absolute atomic E-state index is 0.431. The summed E-state index contributed by atoms with van der Waals surface area (Å²) < 4.78 is 0. The van der Waals surface area contributed by atoms with Gasteiger partial charge in [0.05, 0.1) is 0 Å². The zero-order chi connectivity index (χ0) is 21.5. The third-order valence-electron chi connectivity index (χ3n) is 5.82. The van der Waals surface area contributed by atoms with Gasteiger partial charge in [0.25, 0.3) is 0 Å². The zero-order valence-electron chi connectivity index (χ0n) is 18.1. The second-order valence-electron chi connectivity index (χ2n) is 8.50. The summed E-state index contributed by atoms with van der Waals surface area (Å²) in [6.45, 7) is 4.32. The quantitative estimate of drug-likeness (QED) is 0.288. The molecule has 2 fully saturated rings. The van der Waals surface area contributed by atoms with Crippen LogP contribution in [0.15, 0.2) is 34.7 Å². The van der Waals surface area contributed by atoms with Gasteiger partial charge in [0, 0.05) is 37.6 Å². The molecule has 0 radical (unpaired) electrons. The molecule has 2 aliphatic rings. The lowest BCUT2D eigenvalue weighted by atomic mass is 10.0. The normalized spacial score (nSPS) is 20.2. The maximum atomic E-state index is 5.61. The van der Waals surface area contributed by atoms with Gasteiger partial charge in [-0.05, 0) is 61.6 Å². The van der Waals surface area contributed by atoms with Crippen LogP contribution in [0.25, 0.3) is 0 Å². The minimum Gasteiger partial charge on any atom is -0.360 e. The molecule has 1 atom stereocenters. The molecular weight excluding hydrogens is 426 g/mol. The van der Waals surface area contributed by atoms with Gasteiger partial charge >= 0.3 is 0 Å². The highest BCUT2D eigenvalue weighted by atomic mass is 32.2. The third-order valence-corrected chi connectivity index (χ3v) is 6.86. The van der Waals surface area contributed by atoms with Crippen molar-refractivity contribution in [3.63, 3.8) is 0 Å². The Bertz CT molecular complexity index is 856. The van der Waals surface area contributed by atoms with Gasteiger partial charge in [0.2, 0.25) is 5.95 Å². The molecule has 2 N–H and O–H groups in total. The predicted molar refractivity (Wildman–Crippen MR) is 130 cm³/mol. The van der Waals surface area contributed by atoms with Gasteiger partial charge < -0.3 is 15.5 Å². The highest BCUT2D eigenvalue weighted by molar-refractivity contribution is 7.99. The highest BCUT2D eigenvalue weighted by Crippen LogP contribution is 2.29. The SMILES string of the molecule is C[C@H]1CCCN(c2cc(Sc3ncccn3)nc(NC(=S)NC3CCCCCC3)n2)C1. The second-order valence-corrected chi connectivity index (χ2v) is 9.90. The largest absolute Gasteiger partial charge is 0.360 e. The minimum atomic E-state index is 0.431. The lowest BCUT2D eigenvalue weighted by Gasteiger charge is -2.32. The number of rotatable bonds is 5. The number of nitrogens with one attached hydrogen (secondary N) is 2. The topological polar surface area (TPSA) is 78.9 Å². The molecule has 2 aromatic rings. The van der Waals surface area contributed by atoms with E-state index in [2.05, 4.69) is 32.4 Å². The standard InChI is InChI=1S/C22H31N7S2/c1-16-8-6-13-29(15-16)18-14-19(31-22-23-11-7-12-24-22)27-20(26-18)28-21(30)25-17-9-4-2-3-5-10-17/h7,11-12,14,16-17H,2-6,8-10,13,15H2,1H3,(H2,25,26,27,28,30)/t16-/m0/s1. The Labute approximate surface area is 194 Å². The fourth-order valence-electron chi connectivity index (χ4n) is 4.26. The maximum absolute atomic E-state index is 5.61. The van der Waals surface area contributed by atoms with Crippen molar-refractivity contribution in [1.82, 2.24) is 25.3 Å². The van der Waals surface area contributed by atoms with Gasteiger partial charge in [-0.25, -0.2) is 15.0 Å². The number of anilines is 2. The van der Waals surface area contributed by atoms with E-state index in [9.17, 15) is 0 Å². The maximum Gasteiger partial charge on any atom is 0.232 e. The Balaban J connectivity index is 1.51. The monoisotopic (exact) mass is 457 g/mol. The molecule has 3 heterocycles.